The Balaban J connectivity index is 1.96. The molecule has 0 radical (unpaired) electrons. The fourth-order valence-electron chi connectivity index (χ4n) is 1.69. The average Bonchev–Trinajstić information content (AvgIpc) is 2.39. The van der Waals surface area contributed by atoms with Gasteiger partial charge in [0.15, 0.2) is 0 Å². The molecule has 0 aliphatic heterocycles. The molecule has 0 fully saturated rings. The van der Waals surface area contributed by atoms with Crippen molar-refractivity contribution in [2.75, 3.05) is 0 Å². The number of aromatic hydroxyl groups is 1. The van der Waals surface area contributed by atoms with Crippen molar-refractivity contribution < 1.29 is 9.50 Å². The van der Waals surface area contributed by atoms with Crippen LogP contribution in [0.2, 0.25) is 10.0 Å². The molecule has 0 aromatic heterocycles. The number of halogens is 3. The first-order chi connectivity index (χ1) is 9.08. The van der Waals surface area contributed by atoms with E-state index in [0.29, 0.717) is 23.7 Å². The fraction of sp³-hybridized carbons (Fsp3) is 0.143. The highest BCUT2D eigenvalue weighted by Crippen LogP contribution is 2.26. The molecule has 2 nitrogen and oxygen atoms in total. The van der Waals surface area contributed by atoms with Crippen LogP contribution in [0.1, 0.15) is 11.1 Å². The third kappa shape index (κ3) is 3.60. The minimum absolute atomic E-state index is 0.0776. The van der Waals surface area contributed by atoms with E-state index < -0.39 is 5.82 Å². The predicted molar refractivity (Wildman–Crippen MR) is 75.1 cm³/mol. The number of hydrogen-bond donors (Lipinski definition) is 2. The number of phenolic OH excluding ortho intramolecular Hbond substituents is 1. The zero-order valence-corrected chi connectivity index (χ0v) is 11.5. The second-order valence-electron chi connectivity index (χ2n) is 4.10. The van der Waals surface area contributed by atoms with E-state index in [0.717, 1.165) is 5.56 Å². The third-order valence-corrected chi connectivity index (χ3v) is 3.29. The summed E-state index contributed by atoms with van der Waals surface area (Å²) in [5, 5.41) is 13.3. The van der Waals surface area contributed by atoms with Gasteiger partial charge in [-0.2, -0.15) is 0 Å². The molecule has 0 bridgehead atoms. The van der Waals surface area contributed by atoms with Crippen molar-refractivity contribution >= 4 is 23.2 Å². The molecular weight excluding hydrogens is 288 g/mol. The second-order valence-corrected chi connectivity index (χ2v) is 4.91. The Morgan fingerprint density at radius 3 is 2.58 bits per heavy atom. The lowest BCUT2D eigenvalue weighted by Gasteiger charge is -2.08. The number of nitrogens with one attached hydrogen (secondary N) is 1. The predicted octanol–water partition coefficient (Wildman–Crippen LogP) is 4.13. The van der Waals surface area contributed by atoms with E-state index >= 15 is 0 Å². The molecule has 2 aromatic carbocycles. The van der Waals surface area contributed by atoms with E-state index in [1.165, 1.54) is 6.07 Å². The number of benzene rings is 2. The second kappa shape index (κ2) is 6.24. The maximum atomic E-state index is 13.0. The molecule has 2 rings (SSSR count). The molecule has 0 aliphatic carbocycles. The quantitative estimate of drug-likeness (QED) is 0.890. The standard InChI is InChI=1S/C14H12Cl2FNO/c15-11-3-1-2-10(14(11)19)8-18-7-9-4-5-13(17)12(16)6-9/h1-6,18-19H,7-8H2. The molecule has 0 heterocycles. The van der Waals surface area contributed by atoms with Gasteiger partial charge in [0, 0.05) is 18.7 Å². The van der Waals surface area contributed by atoms with E-state index in [2.05, 4.69) is 5.32 Å². The summed E-state index contributed by atoms with van der Waals surface area (Å²) in [5.74, 6) is -0.355. The highest BCUT2D eigenvalue weighted by molar-refractivity contribution is 6.32. The molecule has 19 heavy (non-hydrogen) atoms. The first-order valence-electron chi connectivity index (χ1n) is 5.69. The average molecular weight is 300 g/mol. The summed E-state index contributed by atoms with van der Waals surface area (Å²) < 4.78 is 13.0. The smallest absolute Gasteiger partial charge is 0.141 e. The van der Waals surface area contributed by atoms with Gasteiger partial charge in [-0.1, -0.05) is 41.4 Å². The molecule has 0 saturated heterocycles. The van der Waals surface area contributed by atoms with Crippen LogP contribution in [0, 0.1) is 5.82 Å². The summed E-state index contributed by atoms with van der Waals surface area (Å²) in [6, 6.07) is 9.74. The molecule has 5 heteroatoms. The maximum Gasteiger partial charge on any atom is 0.141 e. The van der Waals surface area contributed by atoms with E-state index in [-0.39, 0.29) is 10.8 Å². The lowest BCUT2D eigenvalue weighted by atomic mass is 10.2. The van der Waals surface area contributed by atoms with Gasteiger partial charge in [0.1, 0.15) is 11.6 Å². The van der Waals surface area contributed by atoms with Gasteiger partial charge in [-0.15, -0.1) is 0 Å². The van der Waals surface area contributed by atoms with Crippen molar-refractivity contribution in [3.05, 3.63) is 63.4 Å². The molecule has 0 spiro atoms. The van der Waals surface area contributed by atoms with Gasteiger partial charge in [0.25, 0.3) is 0 Å². The van der Waals surface area contributed by atoms with E-state index in [1.54, 1.807) is 30.3 Å². The van der Waals surface area contributed by atoms with Crippen LogP contribution in [0.3, 0.4) is 0 Å². The molecule has 0 unspecified atom stereocenters. The van der Waals surface area contributed by atoms with Gasteiger partial charge in [0.05, 0.1) is 10.0 Å². The van der Waals surface area contributed by atoms with Crippen molar-refractivity contribution in [2.24, 2.45) is 0 Å². The monoisotopic (exact) mass is 299 g/mol. The van der Waals surface area contributed by atoms with Gasteiger partial charge in [-0.25, -0.2) is 4.39 Å². The SMILES string of the molecule is Oc1c(Cl)cccc1CNCc1ccc(F)c(Cl)c1. The fourth-order valence-corrected chi connectivity index (χ4v) is 2.09. The van der Waals surface area contributed by atoms with Crippen molar-refractivity contribution in [2.45, 2.75) is 13.1 Å². The summed E-state index contributed by atoms with van der Waals surface area (Å²) in [6.07, 6.45) is 0. The van der Waals surface area contributed by atoms with Gasteiger partial charge >= 0.3 is 0 Å². The topological polar surface area (TPSA) is 32.3 Å². The number of hydrogen-bond acceptors (Lipinski definition) is 2. The number of para-hydroxylation sites is 1. The molecule has 100 valence electrons. The Bertz CT molecular complexity index is 590. The minimum atomic E-state index is -0.432. The molecule has 2 aromatic rings. The third-order valence-electron chi connectivity index (χ3n) is 2.70. The number of rotatable bonds is 4. The first kappa shape index (κ1) is 14.1. The highest BCUT2D eigenvalue weighted by Gasteiger charge is 2.05. The zero-order chi connectivity index (χ0) is 13.8. The lowest BCUT2D eigenvalue weighted by Crippen LogP contribution is -2.12. The van der Waals surface area contributed by atoms with Crippen LogP contribution in [0.15, 0.2) is 36.4 Å². The molecule has 0 atom stereocenters. The summed E-state index contributed by atoms with van der Waals surface area (Å²) in [6.45, 7) is 0.980. The molecule has 0 saturated carbocycles. The van der Waals surface area contributed by atoms with Gasteiger partial charge in [0.2, 0.25) is 0 Å². The van der Waals surface area contributed by atoms with Crippen LogP contribution in [-0.4, -0.2) is 5.11 Å². The Morgan fingerprint density at radius 2 is 1.84 bits per heavy atom. The van der Waals surface area contributed by atoms with Crippen LogP contribution in [0.25, 0.3) is 0 Å². The largest absolute Gasteiger partial charge is 0.506 e. The Labute approximate surface area is 120 Å². The minimum Gasteiger partial charge on any atom is -0.506 e. The highest BCUT2D eigenvalue weighted by atomic mass is 35.5. The maximum absolute atomic E-state index is 13.0. The number of phenols is 1. The van der Waals surface area contributed by atoms with Crippen molar-refractivity contribution in [3.8, 4) is 5.75 Å². The normalized spacial score (nSPS) is 10.7. The van der Waals surface area contributed by atoms with Gasteiger partial charge in [-0.3, -0.25) is 0 Å². The van der Waals surface area contributed by atoms with Crippen LogP contribution in [0.4, 0.5) is 4.39 Å². The van der Waals surface area contributed by atoms with E-state index in [1.807, 2.05) is 0 Å². The van der Waals surface area contributed by atoms with Crippen LogP contribution in [0.5, 0.6) is 5.75 Å². The Kier molecular flexibility index (Phi) is 4.64. The van der Waals surface area contributed by atoms with Crippen LogP contribution in [-0.2, 0) is 13.1 Å². The van der Waals surface area contributed by atoms with Gasteiger partial charge in [-0.05, 0) is 23.8 Å². The zero-order valence-electron chi connectivity index (χ0n) is 9.96. The summed E-state index contributed by atoms with van der Waals surface area (Å²) >= 11 is 11.5. The Hall–Kier alpha value is -1.29. The van der Waals surface area contributed by atoms with Crippen molar-refractivity contribution in [1.82, 2.24) is 5.32 Å². The molecule has 2 N–H and O–H groups in total. The summed E-state index contributed by atoms with van der Waals surface area (Å²) in [7, 11) is 0. The summed E-state index contributed by atoms with van der Waals surface area (Å²) in [5.41, 5.74) is 1.58. The molecule has 0 amide bonds. The molecule has 0 aliphatic rings. The van der Waals surface area contributed by atoms with Crippen LogP contribution < -0.4 is 5.32 Å². The van der Waals surface area contributed by atoms with Crippen molar-refractivity contribution in [1.29, 1.82) is 0 Å². The summed E-state index contributed by atoms with van der Waals surface area (Å²) in [4.78, 5) is 0. The van der Waals surface area contributed by atoms with Gasteiger partial charge < -0.3 is 10.4 Å². The van der Waals surface area contributed by atoms with E-state index in [4.69, 9.17) is 23.2 Å². The molecular formula is C14H12Cl2FNO. The van der Waals surface area contributed by atoms with Crippen molar-refractivity contribution in [3.63, 3.8) is 0 Å². The Morgan fingerprint density at radius 1 is 1.05 bits per heavy atom. The lowest BCUT2D eigenvalue weighted by molar-refractivity contribution is 0.464. The first-order valence-corrected chi connectivity index (χ1v) is 6.44. The van der Waals surface area contributed by atoms with Crippen LogP contribution >= 0.6 is 23.2 Å². The van der Waals surface area contributed by atoms with E-state index in [9.17, 15) is 9.50 Å².